The van der Waals surface area contributed by atoms with Crippen molar-refractivity contribution in [2.75, 3.05) is 0 Å². The molecule has 0 bridgehead atoms. The highest BCUT2D eigenvalue weighted by atomic mass is 14.4. The number of fused-ring (bicyclic) bond motifs is 7. The van der Waals surface area contributed by atoms with E-state index in [1.807, 2.05) is 0 Å². The molecule has 0 unspecified atom stereocenters. The third kappa shape index (κ3) is 4.36. The van der Waals surface area contributed by atoms with Crippen LogP contribution < -0.4 is 0 Å². The second-order valence-electron chi connectivity index (χ2n) is 15.2. The Morgan fingerprint density at radius 1 is 0.302 bits per heavy atom. The van der Waals surface area contributed by atoms with Gasteiger partial charge >= 0.3 is 0 Å². The number of rotatable bonds is 4. The molecule has 0 saturated carbocycles. The lowest BCUT2D eigenvalue weighted by atomic mass is 9.78. The maximum Gasteiger partial charge on any atom is 0.0159 e. The van der Waals surface area contributed by atoms with Crippen molar-refractivity contribution >= 4 is 21.5 Å². The molecule has 0 spiro atoms. The van der Waals surface area contributed by atoms with Gasteiger partial charge in [-0.15, -0.1) is 0 Å². The van der Waals surface area contributed by atoms with Crippen LogP contribution in [0.25, 0.3) is 99.4 Å². The number of hydrogen-bond acceptors (Lipinski definition) is 0. The fourth-order valence-electron chi connectivity index (χ4n) is 9.53. The van der Waals surface area contributed by atoms with Gasteiger partial charge in [-0.05, 0) is 147 Å². The van der Waals surface area contributed by atoms with E-state index in [4.69, 9.17) is 0 Å². The molecule has 0 radical (unpaired) electrons. The lowest BCUT2D eigenvalue weighted by molar-refractivity contribution is 0.661. The SMILES string of the molecule is CC1(C)c2ccccc2-c2cc3c(-c4ccccc4)c4c(c(-c5ccccc5)c3cc21)-c1cc(-c2ccccc2)cc2cc(-c3ccccc3)cc-4c12. The van der Waals surface area contributed by atoms with Crippen LogP contribution in [0.2, 0.25) is 0 Å². The van der Waals surface area contributed by atoms with Gasteiger partial charge in [-0.2, -0.15) is 0 Å². The molecular weight excluding hydrogens is 637 g/mol. The zero-order valence-electron chi connectivity index (χ0n) is 29.8. The minimum absolute atomic E-state index is 0.117. The first-order chi connectivity index (χ1) is 26.1. The average molecular weight is 673 g/mol. The van der Waals surface area contributed by atoms with E-state index in [2.05, 4.69) is 196 Å². The highest BCUT2D eigenvalue weighted by Gasteiger charge is 2.38. The number of benzene rings is 9. The van der Waals surface area contributed by atoms with Crippen LogP contribution >= 0.6 is 0 Å². The molecule has 2 aliphatic rings. The molecule has 53 heavy (non-hydrogen) atoms. The van der Waals surface area contributed by atoms with Crippen molar-refractivity contribution in [1.29, 1.82) is 0 Å². The van der Waals surface area contributed by atoms with E-state index >= 15 is 0 Å². The Hall–Kier alpha value is -6.50. The Morgan fingerprint density at radius 3 is 1.25 bits per heavy atom. The largest absolute Gasteiger partial charge is 0.0622 e. The summed E-state index contributed by atoms with van der Waals surface area (Å²) in [5.74, 6) is 0. The normalized spacial score (nSPS) is 13.2. The highest BCUT2D eigenvalue weighted by molar-refractivity contribution is 6.29. The van der Waals surface area contributed by atoms with Crippen molar-refractivity contribution in [1.82, 2.24) is 0 Å². The van der Waals surface area contributed by atoms with Crippen molar-refractivity contribution in [3.05, 3.63) is 193 Å². The molecule has 0 nitrogen and oxygen atoms in total. The lowest BCUT2D eigenvalue weighted by Gasteiger charge is -2.25. The van der Waals surface area contributed by atoms with Gasteiger partial charge in [0.2, 0.25) is 0 Å². The standard InChI is InChI=1S/C53H36/c1-53(2)46-26-16-15-25-40(46)41-31-42-43(32-47(41)53)50(36-23-13-6-14-24-36)52-45-30-38(34-19-9-4-10-20-34)28-39-27-37(33-17-7-3-8-18-33)29-44(48(39)45)51(52)49(42)35-21-11-5-12-22-35/h3-32H,1-2H3. The third-order valence-corrected chi connectivity index (χ3v) is 11.9. The summed E-state index contributed by atoms with van der Waals surface area (Å²) < 4.78 is 0. The molecule has 11 rings (SSSR count). The monoisotopic (exact) mass is 672 g/mol. The van der Waals surface area contributed by atoms with E-state index in [0.29, 0.717) is 0 Å². The molecule has 0 fully saturated rings. The molecule has 0 N–H and O–H groups in total. The Balaban J connectivity index is 1.37. The summed E-state index contributed by atoms with van der Waals surface area (Å²) in [5.41, 5.74) is 20.7. The smallest absolute Gasteiger partial charge is 0.0159 e. The molecular formula is C53H36. The van der Waals surface area contributed by atoms with Crippen LogP contribution in [0.4, 0.5) is 0 Å². The molecule has 0 heteroatoms. The molecule has 9 aromatic rings. The Morgan fingerprint density at radius 2 is 0.736 bits per heavy atom. The summed E-state index contributed by atoms with van der Waals surface area (Å²) >= 11 is 0. The fourth-order valence-corrected chi connectivity index (χ4v) is 9.53. The van der Waals surface area contributed by atoms with Crippen molar-refractivity contribution < 1.29 is 0 Å². The Kier molecular flexibility index (Phi) is 6.40. The quantitative estimate of drug-likeness (QED) is 0.175. The summed E-state index contributed by atoms with van der Waals surface area (Å²) in [6, 6.07) is 67.9. The van der Waals surface area contributed by atoms with Crippen LogP contribution in [-0.4, -0.2) is 0 Å². The van der Waals surface area contributed by atoms with E-state index in [1.54, 1.807) is 0 Å². The van der Waals surface area contributed by atoms with Crippen molar-refractivity contribution in [2.45, 2.75) is 19.3 Å². The predicted molar refractivity (Wildman–Crippen MR) is 225 cm³/mol. The zero-order valence-corrected chi connectivity index (χ0v) is 29.8. The summed E-state index contributed by atoms with van der Waals surface area (Å²) in [6.45, 7) is 4.79. The summed E-state index contributed by atoms with van der Waals surface area (Å²) in [6.07, 6.45) is 0. The van der Waals surface area contributed by atoms with Gasteiger partial charge in [0.05, 0.1) is 0 Å². The Labute approximate surface area is 310 Å². The van der Waals surface area contributed by atoms with Gasteiger partial charge in [0, 0.05) is 5.41 Å². The molecule has 9 aromatic carbocycles. The van der Waals surface area contributed by atoms with Gasteiger partial charge in [-0.3, -0.25) is 0 Å². The van der Waals surface area contributed by atoms with Crippen LogP contribution in [0.5, 0.6) is 0 Å². The molecule has 0 atom stereocenters. The zero-order chi connectivity index (χ0) is 35.3. The van der Waals surface area contributed by atoms with Crippen LogP contribution in [0, 0.1) is 0 Å². The second kappa shape index (κ2) is 11.2. The molecule has 2 aliphatic carbocycles. The van der Waals surface area contributed by atoms with Gasteiger partial charge in [-0.1, -0.05) is 159 Å². The van der Waals surface area contributed by atoms with E-state index in [1.165, 1.54) is 111 Å². The van der Waals surface area contributed by atoms with E-state index in [-0.39, 0.29) is 5.41 Å². The average Bonchev–Trinajstić information content (AvgIpc) is 3.65. The molecule has 248 valence electrons. The predicted octanol–water partition coefficient (Wildman–Crippen LogP) is 14.6. The first-order valence-corrected chi connectivity index (χ1v) is 18.7. The number of hydrogen-bond donors (Lipinski definition) is 0. The van der Waals surface area contributed by atoms with Gasteiger partial charge in [0.1, 0.15) is 0 Å². The minimum atomic E-state index is -0.117. The van der Waals surface area contributed by atoms with Crippen molar-refractivity contribution in [3.63, 3.8) is 0 Å². The molecule has 0 saturated heterocycles. The summed E-state index contributed by atoms with van der Waals surface area (Å²) in [4.78, 5) is 0. The summed E-state index contributed by atoms with van der Waals surface area (Å²) in [5, 5.41) is 5.22. The van der Waals surface area contributed by atoms with Crippen LogP contribution in [-0.2, 0) is 5.41 Å². The first kappa shape index (κ1) is 30.2. The second-order valence-corrected chi connectivity index (χ2v) is 15.2. The van der Waals surface area contributed by atoms with Crippen molar-refractivity contribution in [3.8, 4) is 77.9 Å². The first-order valence-electron chi connectivity index (χ1n) is 18.7. The molecule has 0 amide bonds. The Bertz CT molecular complexity index is 2910. The third-order valence-electron chi connectivity index (χ3n) is 11.9. The lowest BCUT2D eigenvalue weighted by Crippen LogP contribution is -2.14. The molecule has 0 aromatic heterocycles. The van der Waals surface area contributed by atoms with Gasteiger partial charge in [-0.25, -0.2) is 0 Å². The van der Waals surface area contributed by atoms with Gasteiger partial charge in [0.25, 0.3) is 0 Å². The highest BCUT2D eigenvalue weighted by Crippen LogP contribution is 2.60. The fraction of sp³-hybridized carbons (Fsp3) is 0.0566. The summed E-state index contributed by atoms with van der Waals surface area (Å²) in [7, 11) is 0. The van der Waals surface area contributed by atoms with Crippen LogP contribution in [0.3, 0.4) is 0 Å². The van der Waals surface area contributed by atoms with Crippen LogP contribution in [0.15, 0.2) is 182 Å². The van der Waals surface area contributed by atoms with Crippen LogP contribution in [0.1, 0.15) is 25.0 Å². The molecule has 0 heterocycles. The van der Waals surface area contributed by atoms with E-state index in [0.717, 1.165) is 0 Å². The van der Waals surface area contributed by atoms with E-state index in [9.17, 15) is 0 Å². The van der Waals surface area contributed by atoms with E-state index < -0.39 is 0 Å². The maximum atomic E-state index is 2.55. The van der Waals surface area contributed by atoms with Gasteiger partial charge < -0.3 is 0 Å². The van der Waals surface area contributed by atoms with Gasteiger partial charge in [0.15, 0.2) is 0 Å². The van der Waals surface area contributed by atoms with Crippen molar-refractivity contribution in [2.24, 2.45) is 0 Å². The maximum absolute atomic E-state index is 2.55. The minimum Gasteiger partial charge on any atom is -0.0622 e. The topological polar surface area (TPSA) is 0 Å². The molecule has 0 aliphatic heterocycles.